The van der Waals surface area contributed by atoms with Gasteiger partial charge in [0.15, 0.2) is 5.65 Å². The number of ether oxygens (including phenoxy) is 1. The Bertz CT molecular complexity index is 1090. The summed E-state index contributed by atoms with van der Waals surface area (Å²) >= 11 is 0. The van der Waals surface area contributed by atoms with Gasteiger partial charge in [-0.15, -0.1) is 0 Å². The maximum absolute atomic E-state index is 13.0. The summed E-state index contributed by atoms with van der Waals surface area (Å²) < 4.78 is 8.76. The fourth-order valence-corrected chi connectivity index (χ4v) is 2.52. The third-order valence-corrected chi connectivity index (χ3v) is 3.73. The van der Waals surface area contributed by atoms with E-state index >= 15 is 0 Å². The van der Waals surface area contributed by atoms with Gasteiger partial charge < -0.3 is 4.74 Å². The molecule has 1 aromatic carbocycles. The zero-order valence-corrected chi connectivity index (χ0v) is 13.5. The van der Waals surface area contributed by atoms with Crippen LogP contribution in [0.5, 0.6) is 6.01 Å². The van der Waals surface area contributed by atoms with Crippen LogP contribution in [0.25, 0.3) is 16.7 Å². The Morgan fingerprint density at radius 1 is 1.00 bits per heavy atom. The van der Waals surface area contributed by atoms with Crippen LogP contribution in [0, 0.1) is 0 Å². The first-order chi connectivity index (χ1) is 11.5. The van der Waals surface area contributed by atoms with Crippen LogP contribution < -0.4 is 21.5 Å². The second-order valence-electron chi connectivity index (χ2n) is 5.21. The van der Waals surface area contributed by atoms with E-state index < -0.39 is 16.8 Å². The average Bonchev–Trinajstić information content (AvgIpc) is 2.59. The molecule has 0 radical (unpaired) electrons. The molecule has 0 unspecified atom stereocenters. The highest BCUT2D eigenvalue weighted by molar-refractivity contribution is 5.73. The van der Waals surface area contributed by atoms with Gasteiger partial charge in [0, 0.05) is 14.1 Å². The molecule has 0 aliphatic rings. The van der Waals surface area contributed by atoms with Crippen molar-refractivity contribution in [3.63, 3.8) is 0 Å². The second kappa shape index (κ2) is 5.80. The molecule has 0 saturated heterocycles. The van der Waals surface area contributed by atoms with Gasteiger partial charge in [0.1, 0.15) is 5.39 Å². The van der Waals surface area contributed by atoms with Crippen molar-refractivity contribution >= 4 is 11.0 Å². The van der Waals surface area contributed by atoms with Gasteiger partial charge in [-0.2, -0.15) is 4.98 Å². The number of rotatable bonds is 3. The third-order valence-electron chi connectivity index (χ3n) is 3.73. The number of hydrogen-bond acceptors (Lipinski definition) is 5. The minimum atomic E-state index is -0.682. The van der Waals surface area contributed by atoms with E-state index in [0.717, 1.165) is 9.13 Å². The highest BCUT2D eigenvalue weighted by atomic mass is 16.5. The molecule has 124 valence electrons. The quantitative estimate of drug-likeness (QED) is 0.684. The summed E-state index contributed by atoms with van der Waals surface area (Å²) in [5, 5.41) is -0.160. The summed E-state index contributed by atoms with van der Waals surface area (Å²) in [6, 6.07) is 8.80. The number of hydrogen-bond donors (Lipinski definition) is 0. The van der Waals surface area contributed by atoms with Crippen LogP contribution in [0.1, 0.15) is 6.92 Å². The van der Waals surface area contributed by atoms with Gasteiger partial charge in [-0.3, -0.25) is 18.7 Å². The molecule has 2 aromatic heterocycles. The molecular weight excluding hydrogens is 312 g/mol. The molecule has 0 bridgehead atoms. The standard InChI is InChI=1S/C16H16N4O4/c1-4-24-15-17-12-11(13(21)19(3)16(23)18(12)2)14(22)20(15)10-8-6-5-7-9-10/h5-9H,4H2,1-3H3. The molecule has 3 rings (SSSR count). The summed E-state index contributed by atoms with van der Waals surface area (Å²) in [5.74, 6) is 0. The van der Waals surface area contributed by atoms with Crippen LogP contribution in [-0.4, -0.2) is 25.3 Å². The molecule has 0 saturated carbocycles. The first-order valence-corrected chi connectivity index (χ1v) is 7.38. The summed E-state index contributed by atoms with van der Waals surface area (Å²) in [6.07, 6.45) is 0. The number of benzene rings is 1. The highest BCUT2D eigenvalue weighted by Crippen LogP contribution is 2.15. The summed E-state index contributed by atoms with van der Waals surface area (Å²) in [7, 11) is 2.78. The first kappa shape index (κ1) is 15.7. The molecule has 2 heterocycles. The van der Waals surface area contributed by atoms with Gasteiger partial charge in [0.2, 0.25) is 0 Å². The van der Waals surface area contributed by atoms with Crippen molar-refractivity contribution in [3.8, 4) is 11.7 Å². The molecule has 3 aromatic rings. The molecule has 0 amide bonds. The molecule has 8 nitrogen and oxygen atoms in total. The Morgan fingerprint density at radius 3 is 2.29 bits per heavy atom. The normalized spacial score (nSPS) is 11.0. The van der Waals surface area contributed by atoms with Crippen molar-refractivity contribution in [2.24, 2.45) is 14.1 Å². The van der Waals surface area contributed by atoms with E-state index in [1.54, 1.807) is 31.2 Å². The lowest BCUT2D eigenvalue weighted by atomic mass is 10.3. The molecule has 0 aliphatic heterocycles. The number of nitrogens with zero attached hydrogens (tertiary/aromatic N) is 4. The van der Waals surface area contributed by atoms with Crippen LogP contribution >= 0.6 is 0 Å². The summed E-state index contributed by atoms with van der Waals surface area (Å²) in [6.45, 7) is 2.04. The van der Waals surface area contributed by atoms with Crippen molar-refractivity contribution in [1.82, 2.24) is 18.7 Å². The van der Waals surface area contributed by atoms with E-state index in [0.29, 0.717) is 5.69 Å². The molecule has 0 atom stereocenters. The predicted molar refractivity (Wildman–Crippen MR) is 89.0 cm³/mol. The second-order valence-corrected chi connectivity index (χ2v) is 5.21. The maximum Gasteiger partial charge on any atom is 0.332 e. The zero-order valence-electron chi connectivity index (χ0n) is 13.5. The van der Waals surface area contributed by atoms with Crippen molar-refractivity contribution < 1.29 is 4.74 Å². The maximum atomic E-state index is 13.0. The average molecular weight is 328 g/mol. The van der Waals surface area contributed by atoms with E-state index in [1.165, 1.54) is 18.7 Å². The van der Waals surface area contributed by atoms with Crippen molar-refractivity contribution in [2.45, 2.75) is 6.92 Å². The van der Waals surface area contributed by atoms with Gasteiger partial charge >= 0.3 is 11.7 Å². The summed E-state index contributed by atoms with van der Waals surface area (Å²) in [5.41, 5.74) is -1.29. The van der Waals surface area contributed by atoms with Gasteiger partial charge in [0.05, 0.1) is 12.3 Å². The van der Waals surface area contributed by atoms with Crippen LogP contribution in [0.4, 0.5) is 0 Å². The van der Waals surface area contributed by atoms with Gasteiger partial charge in [-0.1, -0.05) is 18.2 Å². The van der Waals surface area contributed by atoms with Crippen molar-refractivity contribution in [2.75, 3.05) is 6.61 Å². The van der Waals surface area contributed by atoms with Crippen LogP contribution in [0.2, 0.25) is 0 Å². The summed E-state index contributed by atoms with van der Waals surface area (Å²) in [4.78, 5) is 41.7. The Morgan fingerprint density at radius 2 is 1.67 bits per heavy atom. The molecule has 8 heteroatoms. The molecule has 0 aliphatic carbocycles. The number of aryl methyl sites for hydroxylation is 1. The lowest BCUT2D eigenvalue weighted by molar-refractivity contribution is 0.303. The largest absolute Gasteiger partial charge is 0.465 e. The monoisotopic (exact) mass is 328 g/mol. The molecule has 0 fully saturated rings. The van der Waals surface area contributed by atoms with Crippen LogP contribution in [0.15, 0.2) is 44.7 Å². The fraction of sp³-hybridized carbons (Fsp3) is 0.250. The topological polar surface area (TPSA) is 88.1 Å². The highest BCUT2D eigenvalue weighted by Gasteiger charge is 2.20. The number of aromatic nitrogens is 4. The van der Waals surface area contributed by atoms with Crippen LogP contribution in [0.3, 0.4) is 0 Å². The molecule has 24 heavy (non-hydrogen) atoms. The van der Waals surface area contributed by atoms with Crippen LogP contribution in [-0.2, 0) is 14.1 Å². The van der Waals surface area contributed by atoms with E-state index in [9.17, 15) is 14.4 Å². The van der Waals surface area contributed by atoms with E-state index in [2.05, 4.69) is 4.98 Å². The minimum absolute atomic E-state index is 0.00345. The zero-order chi connectivity index (χ0) is 17.4. The van der Waals surface area contributed by atoms with E-state index in [1.807, 2.05) is 6.07 Å². The SMILES string of the molecule is CCOc1nc2c(c(=O)n1-c1ccccc1)c(=O)n(C)c(=O)n2C. The lowest BCUT2D eigenvalue weighted by Gasteiger charge is -2.14. The molecule has 0 N–H and O–H groups in total. The van der Waals surface area contributed by atoms with E-state index in [4.69, 9.17) is 4.74 Å². The first-order valence-electron chi connectivity index (χ1n) is 7.38. The predicted octanol–water partition coefficient (Wildman–Crippen LogP) is 0.182. The Kier molecular flexibility index (Phi) is 3.80. The molecular formula is C16H16N4O4. The Labute approximate surface area is 136 Å². The van der Waals surface area contributed by atoms with Gasteiger partial charge in [0.25, 0.3) is 11.1 Å². The minimum Gasteiger partial charge on any atom is -0.465 e. The molecule has 0 spiro atoms. The van der Waals surface area contributed by atoms with Crippen molar-refractivity contribution in [1.29, 1.82) is 0 Å². The lowest BCUT2D eigenvalue weighted by Crippen LogP contribution is -2.41. The number of fused-ring (bicyclic) bond motifs is 1. The van der Waals surface area contributed by atoms with Crippen molar-refractivity contribution in [3.05, 3.63) is 61.5 Å². The van der Waals surface area contributed by atoms with E-state index in [-0.39, 0.29) is 23.7 Å². The Balaban J connectivity index is 2.56. The number of para-hydroxylation sites is 1. The van der Waals surface area contributed by atoms with Gasteiger partial charge in [-0.25, -0.2) is 9.36 Å². The fourth-order valence-electron chi connectivity index (χ4n) is 2.52. The third kappa shape index (κ3) is 2.23. The smallest absolute Gasteiger partial charge is 0.332 e. The Hall–Kier alpha value is -3.16. The van der Waals surface area contributed by atoms with Gasteiger partial charge in [-0.05, 0) is 19.1 Å².